The van der Waals surface area contributed by atoms with Gasteiger partial charge in [-0.15, -0.1) is 0 Å². The highest BCUT2D eigenvalue weighted by Gasteiger charge is 2.14. The first-order valence-corrected chi connectivity index (χ1v) is 6.52. The molecule has 1 aliphatic heterocycles. The maximum Gasteiger partial charge on any atom is 0.225 e. The molecule has 0 bridgehead atoms. The summed E-state index contributed by atoms with van der Waals surface area (Å²) in [5.74, 6) is 0.904. The summed E-state index contributed by atoms with van der Waals surface area (Å²) in [7, 11) is 0. The third-order valence-corrected chi connectivity index (χ3v) is 3.39. The van der Waals surface area contributed by atoms with Gasteiger partial charge in [0.25, 0.3) is 0 Å². The zero-order valence-corrected chi connectivity index (χ0v) is 11.1. The number of aryl methyl sites for hydroxylation is 2. The van der Waals surface area contributed by atoms with Crippen molar-refractivity contribution in [1.82, 2.24) is 15.3 Å². The summed E-state index contributed by atoms with van der Waals surface area (Å²) in [6.07, 6.45) is 2.18. The Kier molecular flexibility index (Phi) is 3.94. The number of anilines is 1. The van der Waals surface area contributed by atoms with Gasteiger partial charge in [-0.25, -0.2) is 9.97 Å². The molecule has 0 radical (unpaired) electrons. The molecular weight excluding hydrogens is 212 g/mol. The van der Waals surface area contributed by atoms with Crippen molar-refractivity contribution < 1.29 is 0 Å². The first-order chi connectivity index (χ1) is 8.22. The van der Waals surface area contributed by atoms with E-state index in [1.807, 2.05) is 0 Å². The van der Waals surface area contributed by atoms with Crippen molar-refractivity contribution in [3.05, 3.63) is 17.0 Å². The molecule has 94 valence electrons. The average Bonchev–Trinajstić information content (AvgIpc) is 2.57. The second-order valence-corrected chi connectivity index (χ2v) is 4.62. The molecule has 0 atom stereocenters. The van der Waals surface area contributed by atoms with Crippen LogP contribution in [0, 0.1) is 13.8 Å². The molecule has 1 fully saturated rings. The number of aromatic nitrogens is 2. The van der Waals surface area contributed by atoms with Gasteiger partial charge >= 0.3 is 0 Å². The standard InChI is InChI=1S/C13H22N4/c1-4-12-10(2)15-13(16-11(12)3)17-8-5-6-14-7-9-17/h14H,4-9H2,1-3H3. The minimum atomic E-state index is 0.904. The van der Waals surface area contributed by atoms with Gasteiger partial charge < -0.3 is 10.2 Å². The summed E-state index contributed by atoms with van der Waals surface area (Å²) in [6, 6.07) is 0. The van der Waals surface area contributed by atoms with Gasteiger partial charge in [0.2, 0.25) is 5.95 Å². The van der Waals surface area contributed by atoms with Crippen molar-refractivity contribution in [2.75, 3.05) is 31.1 Å². The highest BCUT2D eigenvalue weighted by molar-refractivity contribution is 5.36. The number of hydrogen-bond donors (Lipinski definition) is 1. The second kappa shape index (κ2) is 5.45. The molecule has 1 aromatic rings. The van der Waals surface area contributed by atoms with Gasteiger partial charge in [0.1, 0.15) is 0 Å². The Morgan fingerprint density at radius 2 is 1.82 bits per heavy atom. The summed E-state index contributed by atoms with van der Waals surface area (Å²) in [4.78, 5) is 11.6. The molecule has 4 nitrogen and oxygen atoms in total. The van der Waals surface area contributed by atoms with Gasteiger partial charge in [0.05, 0.1) is 0 Å². The van der Waals surface area contributed by atoms with Crippen LogP contribution in [0.1, 0.15) is 30.3 Å². The SMILES string of the molecule is CCc1c(C)nc(N2CCCNCC2)nc1C. The van der Waals surface area contributed by atoms with Crippen LogP contribution in [0.15, 0.2) is 0 Å². The van der Waals surface area contributed by atoms with Crippen LogP contribution in [0.5, 0.6) is 0 Å². The van der Waals surface area contributed by atoms with E-state index in [1.54, 1.807) is 0 Å². The Balaban J connectivity index is 2.26. The molecule has 1 N–H and O–H groups in total. The van der Waals surface area contributed by atoms with E-state index in [1.165, 1.54) is 5.56 Å². The van der Waals surface area contributed by atoms with Crippen molar-refractivity contribution in [2.24, 2.45) is 0 Å². The summed E-state index contributed by atoms with van der Waals surface area (Å²) in [6.45, 7) is 10.5. The molecule has 0 amide bonds. The maximum absolute atomic E-state index is 4.66. The maximum atomic E-state index is 4.66. The van der Waals surface area contributed by atoms with Crippen molar-refractivity contribution in [3.8, 4) is 0 Å². The Morgan fingerprint density at radius 3 is 2.47 bits per heavy atom. The highest BCUT2D eigenvalue weighted by atomic mass is 15.3. The van der Waals surface area contributed by atoms with Gasteiger partial charge in [-0.3, -0.25) is 0 Å². The van der Waals surface area contributed by atoms with Crippen LogP contribution in [0.25, 0.3) is 0 Å². The third-order valence-electron chi connectivity index (χ3n) is 3.39. The van der Waals surface area contributed by atoms with Crippen molar-refractivity contribution in [1.29, 1.82) is 0 Å². The molecule has 0 spiro atoms. The van der Waals surface area contributed by atoms with E-state index in [0.29, 0.717) is 0 Å². The molecule has 0 saturated carbocycles. The van der Waals surface area contributed by atoms with Crippen LogP contribution in [0.3, 0.4) is 0 Å². The lowest BCUT2D eigenvalue weighted by Gasteiger charge is -2.21. The first kappa shape index (κ1) is 12.3. The molecule has 2 heterocycles. The minimum absolute atomic E-state index is 0.904. The van der Waals surface area contributed by atoms with E-state index in [9.17, 15) is 0 Å². The van der Waals surface area contributed by atoms with Crippen LogP contribution >= 0.6 is 0 Å². The number of rotatable bonds is 2. The summed E-state index contributed by atoms with van der Waals surface area (Å²) < 4.78 is 0. The van der Waals surface area contributed by atoms with E-state index < -0.39 is 0 Å². The van der Waals surface area contributed by atoms with Gasteiger partial charge in [0.15, 0.2) is 0 Å². The molecular formula is C13H22N4. The molecule has 1 aliphatic rings. The molecule has 1 saturated heterocycles. The zero-order chi connectivity index (χ0) is 12.3. The van der Waals surface area contributed by atoms with Gasteiger partial charge in [-0.2, -0.15) is 0 Å². The first-order valence-electron chi connectivity index (χ1n) is 6.52. The number of nitrogens with zero attached hydrogens (tertiary/aromatic N) is 3. The van der Waals surface area contributed by atoms with Crippen molar-refractivity contribution >= 4 is 5.95 Å². The quantitative estimate of drug-likeness (QED) is 0.841. The van der Waals surface area contributed by atoms with Crippen molar-refractivity contribution in [3.63, 3.8) is 0 Å². The number of hydrogen-bond acceptors (Lipinski definition) is 4. The predicted octanol–water partition coefficient (Wildman–Crippen LogP) is 1.46. The lowest BCUT2D eigenvalue weighted by atomic mass is 10.1. The van der Waals surface area contributed by atoms with Crippen LogP contribution in [-0.2, 0) is 6.42 Å². The summed E-state index contributed by atoms with van der Waals surface area (Å²) >= 11 is 0. The van der Waals surface area contributed by atoms with E-state index in [4.69, 9.17) is 0 Å². The fourth-order valence-corrected chi connectivity index (χ4v) is 2.42. The highest BCUT2D eigenvalue weighted by Crippen LogP contribution is 2.16. The van der Waals surface area contributed by atoms with Crippen LogP contribution in [-0.4, -0.2) is 36.1 Å². The monoisotopic (exact) mass is 234 g/mol. The van der Waals surface area contributed by atoms with E-state index in [-0.39, 0.29) is 0 Å². The van der Waals surface area contributed by atoms with Gasteiger partial charge in [-0.1, -0.05) is 6.92 Å². The second-order valence-electron chi connectivity index (χ2n) is 4.62. The molecule has 0 unspecified atom stereocenters. The van der Waals surface area contributed by atoms with Crippen molar-refractivity contribution in [2.45, 2.75) is 33.6 Å². The normalized spacial score (nSPS) is 17.0. The summed E-state index contributed by atoms with van der Waals surface area (Å²) in [5, 5.41) is 3.40. The Bertz CT molecular complexity index is 358. The largest absolute Gasteiger partial charge is 0.339 e. The smallest absolute Gasteiger partial charge is 0.225 e. The fourth-order valence-electron chi connectivity index (χ4n) is 2.42. The molecule has 17 heavy (non-hydrogen) atoms. The lowest BCUT2D eigenvalue weighted by molar-refractivity contribution is 0.724. The topological polar surface area (TPSA) is 41.1 Å². The molecule has 4 heteroatoms. The minimum Gasteiger partial charge on any atom is -0.339 e. The zero-order valence-electron chi connectivity index (χ0n) is 11.1. The molecule has 2 rings (SSSR count). The Labute approximate surface area is 103 Å². The third kappa shape index (κ3) is 2.75. The fraction of sp³-hybridized carbons (Fsp3) is 0.692. The van der Waals surface area contributed by atoms with E-state index in [0.717, 1.165) is 56.4 Å². The van der Waals surface area contributed by atoms with Crippen LogP contribution in [0.2, 0.25) is 0 Å². The molecule has 1 aromatic heterocycles. The Morgan fingerprint density at radius 1 is 1.12 bits per heavy atom. The van der Waals surface area contributed by atoms with Gasteiger partial charge in [0, 0.05) is 31.0 Å². The van der Waals surface area contributed by atoms with E-state index >= 15 is 0 Å². The van der Waals surface area contributed by atoms with Crippen LogP contribution in [0.4, 0.5) is 5.95 Å². The lowest BCUT2D eigenvalue weighted by Crippen LogP contribution is -2.30. The predicted molar refractivity (Wildman–Crippen MR) is 70.6 cm³/mol. The number of nitrogens with one attached hydrogen (secondary N) is 1. The van der Waals surface area contributed by atoms with E-state index in [2.05, 4.69) is 41.0 Å². The average molecular weight is 234 g/mol. The Hall–Kier alpha value is -1.16. The van der Waals surface area contributed by atoms with Gasteiger partial charge in [-0.05, 0) is 38.8 Å². The van der Waals surface area contributed by atoms with Crippen LogP contribution < -0.4 is 10.2 Å². The summed E-state index contributed by atoms with van der Waals surface area (Å²) in [5.41, 5.74) is 3.56. The molecule has 0 aliphatic carbocycles. The molecule has 0 aromatic carbocycles.